The number of halogens is 1. The van der Waals surface area contributed by atoms with E-state index >= 15 is 0 Å². The fourth-order valence-corrected chi connectivity index (χ4v) is 2.94. The Hall–Kier alpha value is -2.79. The van der Waals surface area contributed by atoms with Crippen molar-refractivity contribution in [2.45, 2.75) is 20.4 Å². The summed E-state index contributed by atoms with van der Waals surface area (Å²) in [6, 6.07) is 14.6. The zero-order valence-corrected chi connectivity index (χ0v) is 15.7. The molecule has 3 aromatic rings. The van der Waals surface area contributed by atoms with Crippen LogP contribution >= 0.6 is 11.6 Å². The molecule has 0 radical (unpaired) electrons. The lowest BCUT2D eigenvalue weighted by atomic mass is 10.2. The van der Waals surface area contributed by atoms with Crippen LogP contribution in [-0.2, 0) is 6.54 Å². The van der Waals surface area contributed by atoms with E-state index in [1.807, 2.05) is 42.8 Å². The molecule has 0 saturated heterocycles. The summed E-state index contributed by atoms with van der Waals surface area (Å²) in [6.45, 7) is 4.35. The number of methoxy groups -OCH3 is 1. The number of aromatic nitrogens is 2. The van der Waals surface area contributed by atoms with Gasteiger partial charge < -0.3 is 10.1 Å². The molecule has 1 N–H and O–H groups in total. The van der Waals surface area contributed by atoms with Crippen molar-refractivity contribution in [2.75, 3.05) is 12.4 Å². The van der Waals surface area contributed by atoms with Crippen molar-refractivity contribution >= 4 is 23.2 Å². The number of anilines is 1. The van der Waals surface area contributed by atoms with Crippen molar-refractivity contribution in [3.8, 4) is 5.75 Å². The van der Waals surface area contributed by atoms with Gasteiger partial charge in [-0.2, -0.15) is 5.10 Å². The van der Waals surface area contributed by atoms with E-state index in [1.54, 1.807) is 31.4 Å². The second kappa shape index (κ2) is 7.62. The average molecular weight is 370 g/mol. The number of carbonyl (C=O) groups is 1. The number of hydrogen-bond acceptors (Lipinski definition) is 3. The van der Waals surface area contributed by atoms with Crippen molar-refractivity contribution in [1.29, 1.82) is 0 Å². The summed E-state index contributed by atoms with van der Waals surface area (Å²) < 4.78 is 6.97. The molecule has 0 unspecified atom stereocenters. The highest BCUT2D eigenvalue weighted by Crippen LogP contribution is 2.23. The highest BCUT2D eigenvalue weighted by Gasteiger charge is 2.16. The molecule has 0 spiro atoms. The van der Waals surface area contributed by atoms with Gasteiger partial charge in [0.15, 0.2) is 0 Å². The molecule has 0 bridgehead atoms. The first-order valence-electron chi connectivity index (χ1n) is 8.22. The van der Waals surface area contributed by atoms with Gasteiger partial charge >= 0.3 is 0 Å². The van der Waals surface area contributed by atoms with E-state index in [1.165, 1.54) is 0 Å². The number of aryl methyl sites for hydroxylation is 1. The predicted molar refractivity (Wildman–Crippen MR) is 103 cm³/mol. The Labute approximate surface area is 157 Å². The van der Waals surface area contributed by atoms with Crippen LogP contribution in [0, 0.1) is 13.8 Å². The number of carbonyl (C=O) groups excluding carboxylic acids is 1. The summed E-state index contributed by atoms with van der Waals surface area (Å²) in [7, 11) is 1.59. The second-order valence-corrected chi connectivity index (χ2v) is 6.38. The Morgan fingerprint density at radius 1 is 1.15 bits per heavy atom. The van der Waals surface area contributed by atoms with Gasteiger partial charge in [-0.25, -0.2) is 0 Å². The number of amides is 1. The van der Waals surface area contributed by atoms with Crippen LogP contribution in [0.4, 0.5) is 5.69 Å². The second-order valence-electron chi connectivity index (χ2n) is 5.98. The lowest BCUT2D eigenvalue weighted by molar-refractivity contribution is 0.102. The van der Waals surface area contributed by atoms with Crippen LogP contribution in [0.15, 0.2) is 48.5 Å². The van der Waals surface area contributed by atoms with Crippen molar-refractivity contribution in [3.05, 3.63) is 76.1 Å². The van der Waals surface area contributed by atoms with Gasteiger partial charge in [0.1, 0.15) is 5.75 Å². The first kappa shape index (κ1) is 18.0. The van der Waals surface area contributed by atoms with Crippen LogP contribution < -0.4 is 10.1 Å². The number of hydrogen-bond donors (Lipinski definition) is 1. The maximum atomic E-state index is 12.5. The largest absolute Gasteiger partial charge is 0.497 e. The Morgan fingerprint density at radius 2 is 1.85 bits per heavy atom. The highest BCUT2D eigenvalue weighted by atomic mass is 35.5. The number of benzene rings is 2. The fourth-order valence-electron chi connectivity index (χ4n) is 2.75. The van der Waals surface area contributed by atoms with E-state index in [9.17, 15) is 4.79 Å². The fraction of sp³-hybridized carbons (Fsp3) is 0.200. The number of rotatable bonds is 5. The summed E-state index contributed by atoms with van der Waals surface area (Å²) in [5, 5.41) is 8.20. The molecule has 0 saturated carbocycles. The third-order valence-electron chi connectivity index (χ3n) is 4.25. The summed E-state index contributed by atoms with van der Waals surface area (Å²) in [6.07, 6.45) is 0. The van der Waals surface area contributed by atoms with E-state index in [2.05, 4.69) is 10.4 Å². The van der Waals surface area contributed by atoms with E-state index in [0.29, 0.717) is 22.9 Å². The third kappa shape index (κ3) is 3.73. The minimum atomic E-state index is -0.184. The lowest BCUT2D eigenvalue weighted by Gasteiger charge is -2.09. The van der Waals surface area contributed by atoms with Crippen molar-refractivity contribution in [2.24, 2.45) is 0 Å². The molecule has 6 heteroatoms. The minimum Gasteiger partial charge on any atom is -0.497 e. The molecule has 2 aromatic carbocycles. The SMILES string of the molecule is COc1ccc(C(=O)Nc2c(C)nn(Cc3ccccc3Cl)c2C)cc1. The van der Waals surface area contributed by atoms with Gasteiger partial charge in [-0.1, -0.05) is 29.8 Å². The predicted octanol–water partition coefficient (Wildman–Crippen LogP) is 4.46. The highest BCUT2D eigenvalue weighted by molar-refractivity contribution is 6.31. The van der Waals surface area contributed by atoms with E-state index in [0.717, 1.165) is 22.6 Å². The van der Waals surface area contributed by atoms with Gasteiger partial charge in [-0.3, -0.25) is 9.48 Å². The summed E-state index contributed by atoms with van der Waals surface area (Å²) >= 11 is 6.24. The normalized spacial score (nSPS) is 10.6. The van der Waals surface area contributed by atoms with Crippen LogP contribution in [0.1, 0.15) is 27.3 Å². The van der Waals surface area contributed by atoms with Gasteiger partial charge in [0, 0.05) is 10.6 Å². The maximum Gasteiger partial charge on any atom is 0.255 e. The van der Waals surface area contributed by atoms with Gasteiger partial charge in [-0.15, -0.1) is 0 Å². The molecule has 134 valence electrons. The zero-order chi connectivity index (χ0) is 18.7. The summed E-state index contributed by atoms with van der Waals surface area (Å²) in [5.41, 5.74) is 3.90. The Bertz CT molecular complexity index is 933. The number of nitrogens with one attached hydrogen (secondary N) is 1. The molecule has 1 amide bonds. The van der Waals surface area contributed by atoms with E-state index in [-0.39, 0.29) is 5.91 Å². The smallest absolute Gasteiger partial charge is 0.255 e. The first-order chi connectivity index (χ1) is 12.5. The van der Waals surface area contributed by atoms with Crippen LogP contribution in [-0.4, -0.2) is 22.8 Å². The molecule has 0 atom stereocenters. The summed E-state index contributed by atoms with van der Waals surface area (Å²) in [5.74, 6) is 0.526. The van der Waals surface area contributed by atoms with Gasteiger partial charge in [-0.05, 0) is 49.7 Å². The molecule has 26 heavy (non-hydrogen) atoms. The molecule has 0 aliphatic carbocycles. The molecular weight excluding hydrogens is 350 g/mol. The molecule has 1 heterocycles. The monoisotopic (exact) mass is 369 g/mol. The average Bonchev–Trinajstić information content (AvgIpc) is 2.91. The first-order valence-corrected chi connectivity index (χ1v) is 8.60. The Balaban J connectivity index is 1.81. The molecule has 5 nitrogen and oxygen atoms in total. The summed E-state index contributed by atoms with van der Waals surface area (Å²) in [4.78, 5) is 12.5. The topological polar surface area (TPSA) is 56.1 Å². The quantitative estimate of drug-likeness (QED) is 0.722. The lowest BCUT2D eigenvalue weighted by Crippen LogP contribution is -2.13. The van der Waals surface area contributed by atoms with Gasteiger partial charge in [0.25, 0.3) is 5.91 Å². The minimum absolute atomic E-state index is 0.184. The molecule has 0 fully saturated rings. The van der Waals surface area contributed by atoms with Crippen LogP contribution in [0.25, 0.3) is 0 Å². The van der Waals surface area contributed by atoms with E-state index in [4.69, 9.17) is 16.3 Å². The molecule has 0 aliphatic heterocycles. The molecule has 1 aromatic heterocycles. The Kier molecular flexibility index (Phi) is 5.28. The molecular formula is C20H20ClN3O2. The van der Waals surface area contributed by atoms with Crippen LogP contribution in [0.2, 0.25) is 5.02 Å². The third-order valence-corrected chi connectivity index (χ3v) is 4.62. The van der Waals surface area contributed by atoms with E-state index < -0.39 is 0 Å². The number of nitrogens with zero attached hydrogens (tertiary/aromatic N) is 2. The number of ether oxygens (including phenoxy) is 1. The van der Waals surface area contributed by atoms with Gasteiger partial charge in [0.2, 0.25) is 0 Å². The van der Waals surface area contributed by atoms with Crippen molar-refractivity contribution < 1.29 is 9.53 Å². The van der Waals surface area contributed by atoms with Crippen LogP contribution in [0.5, 0.6) is 5.75 Å². The van der Waals surface area contributed by atoms with Crippen molar-refractivity contribution in [1.82, 2.24) is 9.78 Å². The molecule has 3 rings (SSSR count). The van der Waals surface area contributed by atoms with Crippen molar-refractivity contribution in [3.63, 3.8) is 0 Å². The maximum absolute atomic E-state index is 12.5. The zero-order valence-electron chi connectivity index (χ0n) is 14.9. The molecule has 0 aliphatic rings. The van der Waals surface area contributed by atoms with Gasteiger partial charge in [0.05, 0.1) is 30.7 Å². The van der Waals surface area contributed by atoms with Crippen LogP contribution in [0.3, 0.4) is 0 Å². The standard InChI is InChI=1S/C20H20ClN3O2/c1-13-19(22-20(25)15-8-10-17(26-3)11-9-15)14(2)24(23-13)12-16-6-4-5-7-18(16)21/h4-11H,12H2,1-3H3,(H,22,25). The Morgan fingerprint density at radius 3 is 2.50 bits per heavy atom.